The molecule has 0 atom stereocenters. The second-order valence-corrected chi connectivity index (χ2v) is 6.27. The summed E-state index contributed by atoms with van der Waals surface area (Å²) < 4.78 is 12.4. The van der Waals surface area contributed by atoms with Gasteiger partial charge in [-0.05, 0) is 57.2 Å². The van der Waals surface area contributed by atoms with Crippen molar-refractivity contribution in [3.63, 3.8) is 0 Å². The highest BCUT2D eigenvalue weighted by Crippen LogP contribution is 2.21. The molecule has 0 aliphatic heterocycles. The van der Waals surface area contributed by atoms with Crippen LogP contribution in [0.3, 0.4) is 0 Å². The quantitative estimate of drug-likeness (QED) is 0.369. The maximum Gasteiger partial charge on any atom is 0.331 e. The van der Waals surface area contributed by atoms with Crippen molar-refractivity contribution in [3.8, 4) is 5.69 Å². The van der Waals surface area contributed by atoms with Gasteiger partial charge in [-0.3, -0.25) is 4.79 Å². The van der Waals surface area contributed by atoms with Gasteiger partial charge >= 0.3 is 5.97 Å². The smallest absolute Gasteiger partial charge is 0.331 e. The molecule has 138 valence electrons. The molecule has 2 aromatic heterocycles. The topological polar surface area (TPSA) is 61.4 Å². The molecule has 27 heavy (non-hydrogen) atoms. The zero-order valence-electron chi connectivity index (χ0n) is 15.6. The Morgan fingerprint density at radius 1 is 1.07 bits per heavy atom. The Morgan fingerprint density at radius 3 is 2.48 bits per heavy atom. The first-order valence-corrected chi connectivity index (χ1v) is 8.64. The molecule has 0 radical (unpaired) electrons. The molecule has 0 amide bonds. The van der Waals surface area contributed by atoms with Crippen molar-refractivity contribution in [3.05, 3.63) is 83.1 Å². The molecular weight excluding hydrogens is 342 g/mol. The van der Waals surface area contributed by atoms with Crippen LogP contribution < -0.4 is 0 Å². The first-order chi connectivity index (χ1) is 13.0. The van der Waals surface area contributed by atoms with Crippen molar-refractivity contribution < 1.29 is 18.7 Å². The number of furan rings is 1. The molecule has 0 N–H and O–H groups in total. The summed E-state index contributed by atoms with van der Waals surface area (Å²) in [6.07, 6.45) is 2.76. The molecule has 5 heteroatoms. The van der Waals surface area contributed by atoms with Crippen molar-refractivity contribution in [2.75, 3.05) is 6.61 Å². The van der Waals surface area contributed by atoms with E-state index < -0.39 is 5.97 Å². The Labute approximate surface area is 157 Å². The van der Waals surface area contributed by atoms with E-state index in [-0.39, 0.29) is 12.4 Å². The van der Waals surface area contributed by atoms with Gasteiger partial charge in [0, 0.05) is 28.7 Å². The number of esters is 1. The van der Waals surface area contributed by atoms with E-state index in [0.29, 0.717) is 11.3 Å². The highest BCUT2D eigenvalue weighted by molar-refractivity contribution is 6.00. The molecule has 1 aromatic carbocycles. The van der Waals surface area contributed by atoms with Crippen molar-refractivity contribution in [1.82, 2.24) is 4.57 Å². The average molecular weight is 363 g/mol. The fraction of sp³-hybridized carbons (Fsp3) is 0.182. The molecule has 0 spiro atoms. The van der Waals surface area contributed by atoms with Gasteiger partial charge in [0.25, 0.3) is 0 Å². The minimum absolute atomic E-state index is 0.235. The van der Waals surface area contributed by atoms with E-state index in [0.717, 1.165) is 22.8 Å². The van der Waals surface area contributed by atoms with Crippen LogP contribution in [0.5, 0.6) is 0 Å². The minimum Gasteiger partial charge on any atom is -0.462 e. The van der Waals surface area contributed by atoms with Crippen LogP contribution in [0.25, 0.3) is 11.8 Å². The van der Waals surface area contributed by atoms with E-state index in [2.05, 4.69) is 0 Å². The molecule has 2 heterocycles. The number of aryl methyl sites for hydroxylation is 2. The normalized spacial score (nSPS) is 11.1. The van der Waals surface area contributed by atoms with Crippen molar-refractivity contribution in [2.45, 2.75) is 20.8 Å². The number of carbonyl (C=O) groups is 2. The van der Waals surface area contributed by atoms with E-state index in [9.17, 15) is 9.59 Å². The second-order valence-electron chi connectivity index (χ2n) is 6.27. The maximum absolute atomic E-state index is 12.5. The number of hydrogen-bond donors (Lipinski definition) is 0. The Kier molecular flexibility index (Phi) is 5.41. The van der Waals surface area contributed by atoms with Crippen LogP contribution >= 0.6 is 0 Å². The second kappa shape index (κ2) is 7.91. The minimum atomic E-state index is -0.589. The van der Waals surface area contributed by atoms with Gasteiger partial charge < -0.3 is 13.7 Å². The standard InChI is InChI=1S/C22H21NO4/c1-15-13-20(17(3)23(15)18-7-5-4-6-8-18)21(24)14-26-22(25)12-11-19-10-9-16(2)27-19/h4-13H,14H2,1-3H3. The van der Waals surface area contributed by atoms with Gasteiger partial charge in [-0.25, -0.2) is 4.79 Å². The molecule has 3 rings (SSSR count). The average Bonchev–Trinajstić information content (AvgIpc) is 3.21. The number of hydrogen-bond acceptors (Lipinski definition) is 4. The lowest BCUT2D eigenvalue weighted by Crippen LogP contribution is -2.13. The van der Waals surface area contributed by atoms with Crippen molar-refractivity contribution in [1.29, 1.82) is 0 Å². The lowest BCUT2D eigenvalue weighted by molar-refractivity contribution is -0.136. The monoisotopic (exact) mass is 363 g/mol. The zero-order valence-corrected chi connectivity index (χ0v) is 15.6. The number of ether oxygens (including phenoxy) is 1. The number of carbonyl (C=O) groups excluding carboxylic acids is 2. The van der Waals surface area contributed by atoms with Gasteiger partial charge in [0.15, 0.2) is 6.61 Å². The van der Waals surface area contributed by atoms with Gasteiger partial charge in [-0.15, -0.1) is 0 Å². The van der Waals surface area contributed by atoms with Crippen LogP contribution in [0.1, 0.15) is 33.3 Å². The van der Waals surface area contributed by atoms with E-state index in [1.165, 1.54) is 12.2 Å². The lowest BCUT2D eigenvalue weighted by Gasteiger charge is -2.09. The highest BCUT2D eigenvalue weighted by Gasteiger charge is 2.17. The van der Waals surface area contributed by atoms with Crippen LogP contribution in [0, 0.1) is 20.8 Å². The first kappa shape index (κ1) is 18.5. The number of rotatable bonds is 6. The van der Waals surface area contributed by atoms with Crippen LogP contribution in [0.2, 0.25) is 0 Å². The van der Waals surface area contributed by atoms with E-state index in [1.807, 2.05) is 61.7 Å². The SMILES string of the molecule is Cc1ccc(C=CC(=O)OCC(=O)c2cc(C)n(-c3ccccc3)c2C)o1. The molecular formula is C22H21NO4. The van der Waals surface area contributed by atoms with Gasteiger partial charge in [-0.1, -0.05) is 18.2 Å². The first-order valence-electron chi connectivity index (χ1n) is 8.64. The molecule has 0 saturated heterocycles. The number of ketones is 1. The summed E-state index contributed by atoms with van der Waals surface area (Å²) in [5.74, 6) is 0.490. The number of nitrogens with zero attached hydrogens (tertiary/aromatic N) is 1. The van der Waals surface area contributed by atoms with Crippen LogP contribution in [-0.4, -0.2) is 22.9 Å². The maximum atomic E-state index is 12.5. The summed E-state index contributed by atoms with van der Waals surface area (Å²) in [4.78, 5) is 24.3. The third-order valence-corrected chi connectivity index (χ3v) is 4.24. The number of benzene rings is 1. The summed E-state index contributed by atoms with van der Waals surface area (Å²) in [6.45, 7) is 5.34. The van der Waals surface area contributed by atoms with Gasteiger partial charge in [0.1, 0.15) is 11.5 Å². The molecule has 0 unspecified atom stereocenters. The molecule has 0 aliphatic carbocycles. The third-order valence-electron chi connectivity index (χ3n) is 4.24. The van der Waals surface area contributed by atoms with E-state index in [1.54, 1.807) is 12.1 Å². The van der Waals surface area contributed by atoms with Crippen LogP contribution in [0.15, 0.2) is 59.0 Å². The largest absolute Gasteiger partial charge is 0.462 e. The van der Waals surface area contributed by atoms with E-state index in [4.69, 9.17) is 9.15 Å². The summed E-state index contributed by atoms with van der Waals surface area (Å²) in [6, 6.07) is 15.2. The molecule has 0 saturated carbocycles. The van der Waals surface area contributed by atoms with Crippen molar-refractivity contribution >= 4 is 17.8 Å². The van der Waals surface area contributed by atoms with Gasteiger partial charge in [-0.2, -0.15) is 0 Å². The summed E-state index contributed by atoms with van der Waals surface area (Å²) in [5, 5.41) is 0. The van der Waals surface area contributed by atoms with Crippen molar-refractivity contribution in [2.24, 2.45) is 0 Å². The fourth-order valence-corrected chi connectivity index (χ4v) is 2.98. The third kappa shape index (κ3) is 4.26. The number of para-hydroxylation sites is 1. The summed E-state index contributed by atoms with van der Waals surface area (Å²) >= 11 is 0. The number of aromatic nitrogens is 1. The summed E-state index contributed by atoms with van der Waals surface area (Å²) in [7, 11) is 0. The lowest BCUT2D eigenvalue weighted by atomic mass is 10.1. The predicted octanol–water partition coefficient (Wildman–Crippen LogP) is 4.43. The Hall–Kier alpha value is -3.34. The molecule has 0 fully saturated rings. The molecule has 3 aromatic rings. The Bertz CT molecular complexity index is 993. The number of Topliss-reactive ketones (excluding diaryl/α,β-unsaturated/α-hetero) is 1. The Balaban J connectivity index is 1.66. The van der Waals surface area contributed by atoms with E-state index >= 15 is 0 Å². The fourth-order valence-electron chi connectivity index (χ4n) is 2.98. The summed E-state index contributed by atoms with van der Waals surface area (Å²) in [5.41, 5.74) is 3.30. The van der Waals surface area contributed by atoms with Crippen LogP contribution in [-0.2, 0) is 9.53 Å². The van der Waals surface area contributed by atoms with Crippen LogP contribution in [0.4, 0.5) is 0 Å². The molecule has 5 nitrogen and oxygen atoms in total. The highest BCUT2D eigenvalue weighted by atomic mass is 16.5. The van der Waals surface area contributed by atoms with Gasteiger partial charge in [0.2, 0.25) is 5.78 Å². The van der Waals surface area contributed by atoms with Gasteiger partial charge in [0.05, 0.1) is 0 Å². The Morgan fingerprint density at radius 2 is 1.81 bits per heavy atom. The molecule has 0 bridgehead atoms. The predicted molar refractivity (Wildman–Crippen MR) is 103 cm³/mol. The zero-order chi connectivity index (χ0) is 19.4. The molecule has 0 aliphatic rings.